The molecule has 0 aromatic heterocycles. The zero-order valence-corrected chi connectivity index (χ0v) is 29.5. The van der Waals surface area contributed by atoms with Crippen molar-refractivity contribution in [2.75, 3.05) is 7.05 Å². The van der Waals surface area contributed by atoms with E-state index in [1.165, 1.54) is 55.5 Å². The number of fused-ring (bicyclic) bond motifs is 3. The maximum absolute atomic E-state index is 13.7. The first-order valence-electron chi connectivity index (χ1n) is 17.6. The molecule has 0 radical (unpaired) electrons. The fourth-order valence-corrected chi connectivity index (χ4v) is 7.26. The quantitative estimate of drug-likeness (QED) is 0.0667. The number of carbonyl (C=O) groups excluding carboxylic acids is 3. The third-order valence-electron chi connectivity index (χ3n) is 9.67. The van der Waals surface area contributed by atoms with E-state index < -0.39 is 12.0 Å². The Labute approximate surface area is 285 Å². The third-order valence-corrected chi connectivity index (χ3v) is 9.67. The number of halogens is 1. The smallest absolute Gasteiger partial charge is 0.329 e. The normalized spacial score (nSPS) is 13.9. The van der Waals surface area contributed by atoms with Gasteiger partial charge in [0.25, 0.3) is 5.91 Å². The van der Waals surface area contributed by atoms with Crippen LogP contribution in [0.25, 0.3) is 11.1 Å². The summed E-state index contributed by atoms with van der Waals surface area (Å²) in [6.45, 7) is 8.97. The van der Waals surface area contributed by atoms with Crippen molar-refractivity contribution >= 4 is 23.4 Å². The largest absolute Gasteiger partial charge is 0.338 e. The van der Waals surface area contributed by atoms with Gasteiger partial charge in [0, 0.05) is 49.6 Å². The van der Waals surface area contributed by atoms with Crippen LogP contribution in [0.2, 0.25) is 0 Å². The first-order valence-corrected chi connectivity index (χ1v) is 17.6. The molecule has 0 saturated carbocycles. The Morgan fingerprint density at radius 2 is 1.29 bits per heavy atom. The van der Waals surface area contributed by atoms with Gasteiger partial charge in [-0.2, -0.15) is 5.06 Å². The van der Waals surface area contributed by atoms with E-state index in [-0.39, 0.29) is 22.9 Å². The average Bonchev–Trinajstić information content (AvgIpc) is 3.34. The van der Waals surface area contributed by atoms with E-state index in [4.69, 9.17) is 4.84 Å². The zero-order chi connectivity index (χ0) is 34.8. The summed E-state index contributed by atoms with van der Waals surface area (Å²) >= 11 is 0. The molecule has 1 atom stereocenters. The lowest BCUT2D eigenvalue weighted by atomic mass is 9.70. The molecule has 256 valence electrons. The maximum Gasteiger partial charge on any atom is 0.329 e. The fourth-order valence-electron chi connectivity index (χ4n) is 7.26. The van der Waals surface area contributed by atoms with Gasteiger partial charge in [0.05, 0.1) is 6.04 Å². The summed E-state index contributed by atoms with van der Waals surface area (Å²) in [6, 6.07) is 18.0. The van der Waals surface area contributed by atoms with Crippen LogP contribution in [0.15, 0.2) is 65.7 Å². The molecule has 6 nitrogen and oxygen atoms in total. The Morgan fingerprint density at radius 3 is 1.79 bits per heavy atom. The molecular formula is C41H51FN2O4. The van der Waals surface area contributed by atoms with Crippen molar-refractivity contribution in [3.63, 3.8) is 0 Å². The molecule has 0 heterocycles. The molecule has 3 aromatic carbocycles. The molecule has 3 aromatic rings. The highest BCUT2D eigenvalue weighted by Gasteiger charge is 2.43. The number of nitrogens with zero attached hydrogens (tertiary/aromatic N) is 2. The minimum absolute atomic E-state index is 0.113. The Hall–Kier alpha value is -4.13. The molecule has 1 aliphatic rings. The summed E-state index contributed by atoms with van der Waals surface area (Å²) in [5.74, 6) is -1.37. The van der Waals surface area contributed by atoms with Crippen molar-refractivity contribution in [2.24, 2.45) is 4.99 Å². The summed E-state index contributed by atoms with van der Waals surface area (Å²) in [6.07, 6.45) is 11.4. The van der Waals surface area contributed by atoms with Crippen LogP contribution in [0, 0.1) is 5.82 Å². The maximum atomic E-state index is 13.7. The van der Waals surface area contributed by atoms with Gasteiger partial charge >= 0.3 is 5.97 Å². The molecule has 7 heteroatoms. The number of benzene rings is 3. The van der Waals surface area contributed by atoms with Crippen LogP contribution in [0.3, 0.4) is 0 Å². The fraction of sp³-hybridized carbons (Fsp3) is 0.463. The van der Waals surface area contributed by atoms with Gasteiger partial charge in [0.15, 0.2) is 5.78 Å². The summed E-state index contributed by atoms with van der Waals surface area (Å²) in [7, 11) is 1.75. The van der Waals surface area contributed by atoms with Crippen LogP contribution in [0.5, 0.6) is 0 Å². The molecular weight excluding hydrogens is 603 g/mol. The van der Waals surface area contributed by atoms with Gasteiger partial charge in [-0.1, -0.05) is 89.5 Å². The number of hydroxylamine groups is 2. The summed E-state index contributed by atoms with van der Waals surface area (Å²) in [5.41, 5.74) is 7.36. The van der Waals surface area contributed by atoms with Crippen molar-refractivity contribution in [2.45, 2.75) is 117 Å². The third kappa shape index (κ3) is 8.29. The van der Waals surface area contributed by atoms with Gasteiger partial charge in [-0.3, -0.25) is 19.4 Å². The van der Waals surface area contributed by atoms with Gasteiger partial charge in [0.1, 0.15) is 5.82 Å². The lowest BCUT2D eigenvalue weighted by Gasteiger charge is -2.33. The number of carbonyl (C=O) groups is 3. The molecule has 0 N–H and O–H groups in total. The van der Waals surface area contributed by atoms with E-state index in [0.29, 0.717) is 17.5 Å². The zero-order valence-electron chi connectivity index (χ0n) is 29.5. The molecule has 0 fully saturated rings. The van der Waals surface area contributed by atoms with E-state index in [1.807, 2.05) is 13.0 Å². The summed E-state index contributed by atoms with van der Waals surface area (Å²) < 4.78 is 13.7. The molecule has 0 spiro atoms. The minimum atomic E-state index is -0.546. The Balaban J connectivity index is 1.82. The number of rotatable bonds is 16. The van der Waals surface area contributed by atoms with E-state index in [0.717, 1.165) is 73.3 Å². The number of ketones is 1. The van der Waals surface area contributed by atoms with E-state index in [2.05, 4.69) is 49.2 Å². The molecule has 1 unspecified atom stereocenters. The molecule has 1 aliphatic carbocycles. The molecule has 4 rings (SSSR count). The van der Waals surface area contributed by atoms with E-state index >= 15 is 0 Å². The second-order valence-electron chi connectivity index (χ2n) is 13.2. The average molecular weight is 655 g/mol. The molecule has 0 bridgehead atoms. The first-order chi connectivity index (χ1) is 23.1. The summed E-state index contributed by atoms with van der Waals surface area (Å²) in [4.78, 5) is 47.7. The number of aliphatic imine (C=N–C) groups is 1. The van der Waals surface area contributed by atoms with Crippen molar-refractivity contribution in [3.05, 3.63) is 94.3 Å². The van der Waals surface area contributed by atoms with Crippen LogP contribution in [-0.2, 0) is 19.8 Å². The van der Waals surface area contributed by atoms with Gasteiger partial charge in [-0.15, -0.1) is 0 Å². The highest BCUT2D eigenvalue weighted by atomic mass is 19.1. The Bertz CT molecular complexity index is 1620. The number of hydrogen-bond acceptors (Lipinski definition) is 5. The molecule has 1 amide bonds. The SMILES string of the molecule is CCCCCCC1(CCCCCC)c2cc(C(=O)c3ccc(F)cc3)ccc2-c2ccc(C(CC(C)N(OC(C)=O)C(C)=O)=NC)cc21. The van der Waals surface area contributed by atoms with Gasteiger partial charge in [-0.05, 0) is 84.0 Å². The van der Waals surface area contributed by atoms with Gasteiger partial charge < -0.3 is 4.84 Å². The molecule has 0 saturated heterocycles. The Morgan fingerprint density at radius 1 is 0.771 bits per heavy atom. The lowest BCUT2D eigenvalue weighted by Crippen LogP contribution is -2.39. The van der Waals surface area contributed by atoms with Crippen molar-refractivity contribution < 1.29 is 23.6 Å². The predicted octanol–water partition coefficient (Wildman–Crippen LogP) is 9.79. The molecule has 48 heavy (non-hydrogen) atoms. The number of unbranched alkanes of at least 4 members (excludes halogenated alkanes) is 6. The van der Waals surface area contributed by atoms with Crippen LogP contribution in [0.4, 0.5) is 4.39 Å². The minimum Gasteiger partial charge on any atom is -0.338 e. The molecule has 0 aliphatic heterocycles. The second-order valence-corrected chi connectivity index (χ2v) is 13.2. The number of hydrogen-bond donors (Lipinski definition) is 0. The van der Waals surface area contributed by atoms with Gasteiger partial charge in [-0.25, -0.2) is 4.39 Å². The lowest BCUT2D eigenvalue weighted by molar-refractivity contribution is -0.202. The topological polar surface area (TPSA) is 76.0 Å². The monoisotopic (exact) mass is 654 g/mol. The van der Waals surface area contributed by atoms with Crippen molar-refractivity contribution in [3.8, 4) is 11.1 Å². The summed E-state index contributed by atoms with van der Waals surface area (Å²) in [5, 5.41) is 1.13. The van der Waals surface area contributed by atoms with Crippen LogP contribution < -0.4 is 0 Å². The first kappa shape index (κ1) is 36.7. The standard InChI is InChI=1S/C41H51FN2O4/c1-7-9-11-13-23-41(24-14-12-10-8-2)37-26-32(39(43-6)25-28(3)44(29(4)45)48-30(5)46)17-21-35(37)36-22-18-33(27-38(36)41)40(47)31-15-19-34(42)20-16-31/h15-22,26-28H,7-14,23-25H2,1-6H3. The second kappa shape index (κ2) is 16.8. The predicted molar refractivity (Wildman–Crippen MR) is 191 cm³/mol. The highest BCUT2D eigenvalue weighted by molar-refractivity contribution is 6.09. The van der Waals surface area contributed by atoms with E-state index in [9.17, 15) is 18.8 Å². The highest BCUT2D eigenvalue weighted by Crippen LogP contribution is 2.55. The van der Waals surface area contributed by atoms with Crippen molar-refractivity contribution in [1.82, 2.24) is 5.06 Å². The van der Waals surface area contributed by atoms with Crippen LogP contribution >= 0.6 is 0 Å². The van der Waals surface area contributed by atoms with Crippen molar-refractivity contribution in [1.29, 1.82) is 0 Å². The number of amides is 1. The van der Waals surface area contributed by atoms with Crippen LogP contribution in [-0.4, -0.2) is 41.5 Å². The van der Waals surface area contributed by atoms with Gasteiger partial charge in [0.2, 0.25) is 0 Å². The van der Waals surface area contributed by atoms with E-state index in [1.54, 1.807) is 19.2 Å². The Kier molecular flexibility index (Phi) is 12.9. The van der Waals surface area contributed by atoms with Crippen LogP contribution in [0.1, 0.15) is 138 Å².